The molecule has 0 saturated carbocycles. The number of likely N-dealkylation sites (N-methyl/N-ethyl adjacent to an activating group) is 1. The third kappa shape index (κ3) is 6.33. The van der Waals surface area contributed by atoms with E-state index in [4.69, 9.17) is 4.42 Å². The topological polar surface area (TPSA) is 61.1 Å². The van der Waals surface area contributed by atoms with Gasteiger partial charge >= 0.3 is 6.18 Å². The molecule has 28 heavy (non-hydrogen) atoms. The third-order valence-electron chi connectivity index (χ3n) is 3.90. The lowest BCUT2D eigenvalue weighted by Gasteiger charge is -2.22. The first-order valence-corrected chi connectivity index (χ1v) is 8.55. The molecule has 9 heteroatoms. The van der Waals surface area contributed by atoms with E-state index in [0.717, 1.165) is 12.1 Å². The number of guanidine groups is 1. The summed E-state index contributed by atoms with van der Waals surface area (Å²) in [6.07, 6.45) is -2.86. The maximum Gasteiger partial charge on any atom is 0.416 e. The van der Waals surface area contributed by atoms with Gasteiger partial charge in [0.05, 0.1) is 31.5 Å². The van der Waals surface area contributed by atoms with Gasteiger partial charge in [0.1, 0.15) is 5.76 Å². The Labute approximate surface area is 161 Å². The predicted molar refractivity (Wildman–Crippen MR) is 99.5 cm³/mol. The minimum Gasteiger partial charge on any atom is -0.467 e. The molecule has 0 fully saturated rings. The van der Waals surface area contributed by atoms with E-state index in [2.05, 4.69) is 10.3 Å². The van der Waals surface area contributed by atoms with Crippen molar-refractivity contribution < 1.29 is 22.4 Å². The van der Waals surface area contributed by atoms with Gasteiger partial charge in [-0.15, -0.1) is 0 Å². The van der Waals surface area contributed by atoms with Crippen LogP contribution in [0.1, 0.15) is 16.9 Å². The Hall–Kier alpha value is -2.97. The summed E-state index contributed by atoms with van der Waals surface area (Å²) in [5.74, 6) is 0.914. The van der Waals surface area contributed by atoms with E-state index in [-0.39, 0.29) is 19.0 Å². The molecule has 0 saturated heterocycles. The molecule has 0 bridgehead atoms. The monoisotopic (exact) mass is 396 g/mol. The Morgan fingerprint density at radius 3 is 2.54 bits per heavy atom. The molecule has 152 valence electrons. The van der Waals surface area contributed by atoms with Crippen LogP contribution in [0, 0.1) is 0 Å². The van der Waals surface area contributed by atoms with Crippen LogP contribution in [0.15, 0.2) is 52.1 Å². The van der Waals surface area contributed by atoms with E-state index >= 15 is 0 Å². The first-order chi connectivity index (χ1) is 13.2. The van der Waals surface area contributed by atoms with Crippen LogP contribution in [0.5, 0.6) is 0 Å². The molecule has 0 unspecified atom stereocenters. The number of carbonyl (C=O) groups excluding carboxylic acids is 1. The molecule has 0 aliphatic rings. The summed E-state index contributed by atoms with van der Waals surface area (Å²) in [7, 11) is 5.02. The second-order valence-electron chi connectivity index (χ2n) is 6.42. The highest BCUT2D eigenvalue weighted by atomic mass is 19.4. The Morgan fingerprint density at radius 1 is 1.18 bits per heavy atom. The number of rotatable bonds is 6. The standard InChI is InChI=1S/C19H23F3N4O2/c1-25(2)17(27)12-24-18(26(3)13-16-8-5-9-28-16)23-11-14-6-4-7-15(10-14)19(20,21)22/h4-10H,11-13H2,1-3H3,(H,23,24). The number of halogens is 3. The van der Waals surface area contributed by atoms with Crippen molar-refractivity contribution in [2.75, 3.05) is 27.7 Å². The van der Waals surface area contributed by atoms with Gasteiger partial charge in [-0.05, 0) is 29.8 Å². The van der Waals surface area contributed by atoms with E-state index in [1.165, 1.54) is 11.0 Å². The molecule has 1 amide bonds. The van der Waals surface area contributed by atoms with Gasteiger partial charge in [-0.25, -0.2) is 4.99 Å². The maximum atomic E-state index is 12.9. The van der Waals surface area contributed by atoms with Crippen molar-refractivity contribution in [3.63, 3.8) is 0 Å². The molecule has 0 aliphatic carbocycles. The van der Waals surface area contributed by atoms with Crippen molar-refractivity contribution >= 4 is 11.9 Å². The molecule has 1 N–H and O–H groups in total. The lowest BCUT2D eigenvalue weighted by molar-refractivity contribution is -0.137. The van der Waals surface area contributed by atoms with E-state index in [0.29, 0.717) is 23.8 Å². The fourth-order valence-corrected chi connectivity index (χ4v) is 2.35. The largest absolute Gasteiger partial charge is 0.467 e. The van der Waals surface area contributed by atoms with Gasteiger partial charge in [-0.2, -0.15) is 13.2 Å². The van der Waals surface area contributed by atoms with Crippen molar-refractivity contribution in [1.82, 2.24) is 15.1 Å². The zero-order valence-corrected chi connectivity index (χ0v) is 16.0. The number of carbonyl (C=O) groups is 1. The van der Waals surface area contributed by atoms with Gasteiger partial charge in [0.15, 0.2) is 5.96 Å². The Morgan fingerprint density at radius 2 is 1.93 bits per heavy atom. The summed E-state index contributed by atoms with van der Waals surface area (Å²) >= 11 is 0. The lowest BCUT2D eigenvalue weighted by atomic mass is 10.1. The van der Waals surface area contributed by atoms with Crippen LogP contribution in [-0.2, 0) is 24.1 Å². The first kappa shape index (κ1) is 21.3. The molecule has 0 atom stereocenters. The molecular formula is C19H23F3N4O2. The predicted octanol–water partition coefficient (Wildman–Crippen LogP) is 2.96. The van der Waals surface area contributed by atoms with Gasteiger partial charge in [0.2, 0.25) is 5.91 Å². The zero-order chi connectivity index (χ0) is 20.7. The van der Waals surface area contributed by atoms with Crippen LogP contribution in [0.25, 0.3) is 0 Å². The smallest absolute Gasteiger partial charge is 0.416 e. The molecule has 6 nitrogen and oxygen atoms in total. The second-order valence-corrected chi connectivity index (χ2v) is 6.42. The van der Waals surface area contributed by atoms with Crippen LogP contribution >= 0.6 is 0 Å². The van der Waals surface area contributed by atoms with Gasteiger partial charge in [0.25, 0.3) is 0 Å². The highest BCUT2D eigenvalue weighted by Gasteiger charge is 2.30. The first-order valence-electron chi connectivity index (χ1n) is 8.55. The molecule has 2 rings (SSSR count). The summed E-state index contributed by atoms with van der Waals surface area (Å²) < 4.78 is 44.0. The Balaban J connectivity index is 2.16. The summed E-state index contributed by atoms with van der Waals surface area (Å²) in [6.45, 7) is 0.430. The number of nitrogens with one attached hydrogen (secondary N) is 1. The molecule has 0 aliphatic heterocycles. The number of hydrogen-bond acceptors (Lipinski definition) is 3. The van der Waals surface area contributed by atoms with Crippen molar-refractivity contribution in [3.8, 4) is 0 Å². The average Bonchev–Trinajstić information content (AvgIpc) is 3.13. The normalized spacial score (nSPS) is 12.0. The third-order valence-corrected chi connectivity index (χ3v) is 3.90. The fraction of sp³-hybridized carbons (Fsp3) is 0.368. The van der Waals surface area contributed by atoms with Gasteiger partial charge in [-0.1, -0.05) is 12.1 Å². The summed E-state index contributed by atoms with van der Waals surface area (Å²) in [4.78, 5) is 19.4. The molecular weight excluding hydrogens is 373 g/mol. The quantitative estimate of drug-likeness (QED) is 0.603. The van der Waals surface area contributed by atoms with Crippen LogP contribution in [0.4, 0.5) is 13.2 Å². The van der Waals surface area contributed by atoms with E-state index in [9.17, 15) is 18.0 Å². The van der Waals surface area contributed by atoms with Gasteiger partial charge in [-0.3, -0.25) is 4.79 Å². The second kappa shape index (κ2) is 9.29. The number of benzene rings is 1. The van der Waals surface area contributed by atoms with Crippen molar-refractivity contribution in [2.24, 2.45) is 4.99 Å². The molecule has 0 radical (unpaired) electrons. The minimum atomic E-state index is -4.41. The van der Waals surface area contributed by atoms with Crippen LogP contribution < -0.4 is 5.32 Å². The summed E-state index contributed by atoms with van der Waals surface area (Å²) in [5, 5.41) is 2.95. The maximum absolute atomic E-state index is 12.9. The number of hydrogen-bond donors (Lipinski definition) is 1. The van der Waals surface area contributed by atoms with E-state index in [1.54, 1.807) is 50.5 Å². The zero-order valence-electron chi connectivity index (χ0n) is 16.0. The lowest BCUT2D eigenvalue weighted by Crippen LogP contribution is -2.43. The van der Waals surface area contributed by atoms with Crippen molar-refractivity contribution in [1.29, 1.82) is 0 Å². The summed E-state index contributed by atoms with van der Waals surface area (Å²) in [5.41, 5.74) is -0.305. The van der Waals surface area contributed by atoms with Crippen LogP contribution in [0.3, 0.4) is 0 Å². The van der Waals surface area contributed by atoms with Gasteiger partial charge < -0.3 is 19.5 Å². The van der Waals surface area contributed by atoms with Crippen LogP contribution in [0.2, 0.25) is 0 Å². The van der Waals surface area contributed by atoms with E-state index < -0.39 is 11.7 Å². The number of nitrogens with zero attached hydrogens (tertiary/aromatic N) is 3. The number of aliphatic imine (C=N–C) groups is 1. The highest BCUT2D eigenvalue weighted by molar-refractivity contribution is 5.86. The SMILES string of the molecule is CN(C)C(=O)CNC(=NCc1cccc(C(F)(F)F)c1)N(C)Cc1ccco1. The Bertz CT molecular complexity index is 802. The number of furan rings is 1. The highest BCUT2D eigenvalue weighted by Crippen LogP contribution is 2.29. The average molecular weight is 396 g/mol. The van der Waals surface area contributed by atoms with Crippen molar-refractivity contribution in [3.05, 3.63) is 59.5 Å². The fourth-order valence-electron chi connectivity index (χ4n) is 2.35. The minimum absolute atomic E-state index is 0.0108. The van der Waals surface area contributed by atoms with Gasteiger partial charge in [0, 0.05) is 21.1 Å². The Kier molecular flexibility index (Phi) is 7.08. The molecule has 1 heterocycles. The molecule has 2 aromatic rings. The molecule has 0 spiro atoms. The van der Waals surface area contributed by atoms with E-state index in [1.807, 2.05) is 0 Å². The summed E-state index contributed by atoms with van der Waals surface area (Å²) in [6, 6.07) is 8.57. The molecule has 1 aromatic carbocycles. The number of amides is 1. The molecule has 1 aromatic heterocycles. The van der Waals surface area contributed by atoms with Crippen LogP contribution in [-0.4, -0.2) is 49.4 Å². The number of alkyl halides is 3. The van der Waals surface area contributed by atoms with Crippen molar-refractivity contribution in [2.45, 2.75) is 19.3 Å².